The number of hydrogen-bond donors (Lipinski definition) is 2. The molecule has 5 heteroatoms. The zero-order valence-electron chi connectivity index (χ0n) is 9.45. The summed E-state index contributed by atoms with van der Waals surface area (Å²) in [4.78, 5) is 21.5. The highest BCUT2D eigenvalue weighted by Gasteiger charge is 2.17. The van der Waals surface area contributed by atoms with Crippen molar-refractivity contribution in [3.05, 3.63) is 0 Å². The molecular formula is C10H19NO3S. The second kappa shape index (κ2) is 7.56. The molecule has 0 aromatic heterocycles. The van der Waals surface area contributed by atoms with Crippen LogP contribution in [0.3, 0.4) is 0 Å². The first-order valence-electron chi connectivity index (χ1n) is 5.01. The number of hydrogen-bond acceptors (Lipinski definition) is 3. The van der Waals surface area contributed by atoms with Crippen LogP contribution in [0.2, 0.25) is 0 Å². The Morgan fingerprint density at radius 1 is 1.40 bits per heavy atom. The van der Waals surface area contributed by atoms with Gasteiger partial charge in [0, 0.05) is 12.7 Å². The number of nitrogens with one attached hydrogen (secondary N) is 1. The Morgan fingerprint density at radius 3 is 2.40 bits per heavy atom. The van der Waals surface area contributed by atoms with Gasteiger partial charge in [-0.1, -0.05) is 13.8 Å². The number of aliphatic carboxylic acids is 1. The van der Waals surface area contributed by atoms with E-state index in [2.05, 4.69) is 19.2 Å². The molecule has 0 aliphatic heterocycles. The molecular weight excluding hydrogens is 214 g/mol. The number of carbonyl (C=O) groups is 2. The predicted octanol–water partition coefficient (Wildman–Crippen LogP) is 1.35. The number of amides is 1. The van der Waals surface area contributed by atoms with E-state index in [0.717, 1.165) is 12.2 Å². The smallest absolute Gasteiger partial charge is 0.327 e. The molecule has 1 unspecified atom stereocenters. The summed E-state index contributed by atoms with van der Waals surface area (Å²) < 4.78 is 0. The fraction of sp³-hybridized carbons (Fsp3) is 0.800. The van der Waals surface area contributed by atoms with E-state index in [4.69, 9.17) is 5.11 Å². The van der Waals surface area contributed by atoms with Gasteiger partial charge in [0.15, 0.2) is 0 Å². The van der Waals surface area contributed by atoms with Crippen LogP contribution in [0.15, 0.2) is 0 Å². The average Bonchev–Trinajstić information content (AvgIpc) is 2.08. The van der Waals surface area contributed by atoms with Crippen LogP contribution < -0.4 is 5.32 Å². The van der Waals surface area contributed by atoms with Crippen LogP contribution in [0.5, 0.6) is 0 Å². The number of rotatable bonds is 7. The van der Waals surface area contributed by atoms with Crippen molar-refractivity contribution in [1.29, 1.82) is 0 Å². The highest BCUT2D eigenvalue weighted by Crippen LogP contribution is 2.10. The molecule has 0 bridgehead atoms. The lowest BCUT2D eigenvalue weighted by Crippen LogP contribution is -2.41. The number of thioether (sulfide) groups is 1. The summed E-state index contributed by atoms with van der Waals surface area (Å²) >= 11 is 1.56. The quantitative estimate of drug-likeness (QED) is 0.651. The standard InChI is InChI=1S/C10H19NO3S/c1-7(2)4-5-15-6-9(10(13)14)11-8(3)12/h7,9H,4-6H2,1-3H3,(H,11,12)(H,13,14). The first-order valence-corrected chi connectivity index (χ1v) is 6.16. The van der Waals surface area contributed by atoms with E-state index in [1.165, 1.54) is 6.92 Å². The minimum atomic E-state index is -0.970. The normalized spacial score (nSPS) is 12.5. The van der Waals surface area contributed by atoms with E-state index < -0.39 is 12.0 Å². The monoisotopic (exact) mass is 233 g/mol. The minimum Gasteiger partial charge on any atom is -0.480 e. The Labute approximate surface area is 94.8 Å². The number of carbonyl (C=O) groups excluding carboxylic acids is 1. The summed E-state index contributed by atoms with van der Waals surface area (Å²) in [7, 11) is 0. The zero-order valence-corrected chi connectivity index (χ0v) is 10.3. The molecule has 1 atom stereocenters. The molecule has 0 aliphatic carbocycles. The first-order chi connectivity index (χ1) is 6.93. The van der Waals surface area contributed by atoms with Crippen molar-refractivity contribution in [3.8, 4) is 0 Å². The van der Waals surface area contributed by atoms with E-state index >= 15 is 0 Å². The molecule has 0 radical (unpaired) electrons. The molecule has 0 fully saturated rings. The molecule has 2 N–H and O–H groups in total. The highest BCUT2D eigenvalue weighted by atomic mass is 32.2. The van der Waals surface area contributed by atoms with Crippen molar-refractivity contribution in [3.63, 3.8) is 0 Å². The van der Waals surface area contributed by atoms with Crippen LogP contribution in [0.4, 0.5) is 0 Å². The van der Waals surface area contributed by atoms with Crippen LogP contribution in [-0.4, -0.2) is 34.5 Å². The van der Waals surface area contributed by atoms with E-state index in [0.29, 0.717) is 11.7 Å². The fourth-order valence-corrected chi connectivity index (χ4v) is 2.21. The van der Waals surface area contributed by atoms with Crippen molar-refractivity contribution in [2.45, 2.75) is 33.2 Å². The lowest BCUT2D eigenvalue weighted by Gasteiger charge is -2.12. The average molecular weight is 233 g/mol. The maximum atomic E-state index is 10.7. The molecule has 88 valence electrons. The topological polar surface area (TPSA) is 66.4 Å². The lowest BCUT2D eigenvalue weighted by atomic mass is 10.2. The molecule has 0 aliphatic rings. The summed E-state index contributed by atoms with van der Waals surface area (Å²) in [6.07, 6.45) is 1.07. The Hall–Kier alpha value is -0.710. The molecule has 0 aromatic carbocycles. The summed E-state index contributed by atoms with van der Waals surface area (Å²) in [5.74, 6) is 0.721. The minimum absolute atomic E-state index is 0.299. The van der Waals surface area contributed by atoms with Gasteiger partial charge in [-0.15, -0.1) is 0 Å². The van der Waals surface area contributed by atoms with Gasteiger partial charge in [-0.25, -0.2) is 4.79 Å². The lowest BCUT2D eigenvalue weighted by molar-refractivity contribution is -0.140. The van der Waals surface area contributed by atoms with E-state index in [1.54, 1.807) is 11.8 Å². The second-order valence-corrected chi connectivity index (χ2v) is 5.00. The van der Waals surface area contributed by atoms with Gasteiger partial charge in [-0.05, 0) is 18.1 Å². The van der Waals surface area contributed by atoms with Gasteiger partial charge in [0.2, 0.25) is 5.91 Å². The van der Waals surface area contributed by atoms with E-state index in [1.807, 2.05) is 0 Å². The largest absolute Gasteiger partial charge is 0.480 e. The molecule has 0 spiro atoms. The van der Waals surface area contributed by atoms with Crippen LogP contribution in [0.1, 0.15) is 27.2 Å². The van der Waals surface area contributed by atoms with Gasteiger partial charge in [0.1, 0.15) is 6.04 Å². The van der Waals surface area contributed by atoms with Gasteiger partial charge in [0.05, 0.1) is 0 Å². The Balaban J connectivity index is 3.77. The SMILES string of the molecule is CC(=O)NC(CSCCC(C)C)C(=O)O. The van der Waals surface area contributed by atoms with E-state index in [9.17, 15) is 9.59 Å². The van der Waals surface area contributed by atoms with Crippen molar-refractivity contribution >= 4 is 23.6 Å². The Bertz CT molecular complexity index is 219. The molecule has 4 nitrogen and oxygen atoms in total. The van der Waals surface area contributed by atoms with Gasteiger partial charge in [-0.3, -0.25) is 4.79 Å². The summed E-state index contributed by atoms with van der Waals surface area (Å²) in [5.41, 5.74) is 0. The molecule has 0 heterocycles. The maximum absolute atomic E-state index is 10.7. The molecule has 0 aromatic rings. The Kier molecular flexibility index (Phi) is 7.21. The van der Waals surface area contributed by atoms with Crippen LogP contribution >= 0.6 is 11.8 Å². The number of carboxylic acid groups (broad SMARTS) is 1. The van der Waals surface area contributed by atoms with Crippen molar-refractivity contribution < 1.29 is 14.7 Å². The van der Waals surface area contributed by atoms with Crippen LogP contribution in [0.25, 0.3) is 0 Å². The molecule has 0 saturated heterocycles. The summed E-state index contributed by atoms with van der Waals surface area (Å²) in [5, 5.41) is 11.2. The van der Waals surface area contributed by atoms with Crippen LogP contribution in [0, 0.1) is 5.92 Å². The molecule has 0 saturated carbocycles. The van der Waals surface area contributed by atoms with Gasteiger partial charge >= 0.3 is 5.97 Å². The number of carboxylic acids is 1. The first kappa shape index (κ1) is 14.3. The van der Waals surface area contributed by atoms with Gasteiger partial charge in [0.25, 0.3) is 0 Å². The third-order valence-corrected chi connectivity index (χ3v) is 2.89. The third-order valence-electron chi connectivity index (χ3n) is 1.80. The fourth-order valence-electron chi connectivity index (χ4n) is 0.940. The third kappa shape index (κ3) is 8.30. The van der Waals surface area contributed by atoms with Crippen molar-refractivity contribution in [2.24, 2.45) is 5.92 Å². The van der Waals surface area contributed by atoms with Gasteiger partial charge < -0.3 is 10.4 Å². The highest BCUT2D eigenvalue weighted by molar-refractivity contribution is 7.99. The molecule has 0 rings (SSSR count). The summed E-state index contributed by atoms with van der Waals surface area (Å²) in [6, 6.07) is -0.764. The van der Waals surface area contributed by atoms with E-state index in [-0.39, 0.29) is 5.91 Å². The van der Waals surface area contributed by atoms with Crippen molar-refractivity contribution in [2.75, 3.05) is 11.5 Å². The maximum Gasteiger partial charge on any atom is 0.327 e. The molecule has 15 heavy (non-hydrogen) atoms. The Morgan fingerprint density at radius 2 is 2.00 bits per heavy atom. The molecule has 1 amide bonds. The van der Waals surface area contributed by atoms with Crippen LogP contribution in [-0.2, 0) is 9.59 Å². The predicted molar refractivity (Wildman–Crippen MR) is 62.0 cm³/mol. The van der Waals surface area contributed by atoms with Crippen molar-refractivity contribution in [1.82, 2.24) is 5.32 Å². The zero-order chi connectivity index (χ0) is 11.8. The summed E-state index contributed by atoms with van der Waals surface area (Å²) in [6.45, 7) is 5.58. The second-order valence-electron chi connectivity index (χ2n) is 3.85. The van der Waals surface area contributed by atoms with Gasteiger partial charge in [-0.2, -0.15) is 11.8 Å².